The largest absolute Gasteiger partial charge is 0.298 e. The minimum atomic E-state index is -0.228. The van der Waals surface area contributed by atoms with E-state index in [0.717, 1.165) is 16.8 Å². The zero-order chi connectivity index (χ0) is 16.9. The van der Waals surface area contributed by atoms with Gasteiger partial charge in [-0.05, 0) is 23.8 Å². The molecule has 3 nitrogen and oxygen atoms in total. The van der Waals surface area contributed by atoms with E-state index in [2.05, 4.69) is 10.3 Å². The van der Waals surface area contributed by atoms with Crippen molar-refractivity contribution in [2.24, 2.45) is 0 Å². The lowest BCUT2D eigenvalue weighted by atomic mass is 10.2. The Morgan fingerprint density at radius 1 is 1.08 bits per heavy atom. The van der Waals surface area contributed by atoms with Gasteiger partial charge in [0.05, 0.1) is 15.7 Å². The molecule has 1 N–H and O–H groups in total. The molecule has 0 fully saturated rings. The van der Waals surface area contributed by atoms with Crippen LogP contribution in [0, 0.1) is 0 Å². The third-order valence-corrected chi connectivity index (χ3v) is 4.67. The molecule has 0 unspecified atom stereocenters. The number of nitrogens with zero attached hydrogens (tertiary/aromatic N) is 1. The summed E-state index contributed by atoms with van der Waals surface area (Å²) in [6, 6.07) is 14.9. The third kappa shape index (κ3) is 4.23. The van der Waals surface area contributed by atoms with Gasteiger partial charge in [0.2, 0.25) is 5.91 Å². The van der Waals surface area contributed by atoms with Crippen molar-refractivity contribution >= 4 is 51.7 Å². The highest BCUT2D eigenvalue weighted by atomic mass is 35.5. The SMILES string of the molecule is O=C(C=Cc1ccccc1)Nc1nc(-c2ccc(Cl)c(Cl)c2)cs1. The summed E-state index contributed by atoms with van der Waals surface area (Å²) in [6.07, 6.45) is 3.23. The van der Waals surface area contributed by atoms with Crippen LogP contribution >= 0.6 is 34.5 Å². The topological polar surface area (TPSA) is 42.0 Å². The minimum Gasteiger partial charge on any atom is -0.298 e. The highest BCUT2D eigenvalue weighted by Crippen LogP contribution is 2.30. The first kappa shape index (κ1) is 16.7. The van der Waals surface area contributed by atoms with Crippen LogP contribution in [-0.2, 0) is 4.79 Å². The fraction of sp³-hybridized carbons (Fsp3) is 0. The minimum absolute atomic E-state index is 0.228. The Bertz CT molecular complexity index is 891. The summed E-state index contributed by atoms with van der Waals surface area (Å²) in [6.45, 7) is 0. The fourth-order valence-corrected chi connectivity index (χ4v) is 3.02. The maximum absolute atomic E-state index is 12.0. The Morgan fingerprint density at radius 2 is 1.88 bits per heavy atom. The first-order valence-corrected chi connectivity index (χ1v) is 8.70. The third-order valence-electron chi connectivity index (χ3n) is 3.18. The first-order chi connectivity index (χ1) is 11.6. The lowest BCUT2D eigenvalue weighted by molar-refractivity contribution is -0.111. The molecule has 0 atom stereocenters. The number of benzene rings is 2. The monoisotopic (exact) mass is 374 g/mol. The summed E-state index contributed by atoms with van der Waals surface area (Å²) in [5.41, 5.74) is 2.55. The van der Waals surface area contributed by atoms with Crippen molar-refractivity contribution in [1.29, 1.82) is 0 Å². The molecule has 0 aliphatic heterocycles. The number of halogens is 2. The summed E-state index contributed by atoms with van der Waals surface area (Å²) in [5.74, 6) is -0.228. The quantitative estimate of drug-likeness (QED) is 0.589. The van der Waals surface area contributed by atoms with Gasteiger partial charge in [0, 0.05) is 17.0 Å². The molecule has 0 aliphatic rings. The number of aromatic nitrogens is 1. The molecule has 24 heavy (non-hydrogen) atoms. The van der Waals surface area contributed by atoms with E-state index < -0.39 is 0 Å². The van der Waals surface area contributed by atoms with Crippen LogP contribution in [0.3, 0.4) is 0 Å². The standard InChI is InChI=1S/C18H12Cl2N2OS/c19-14-8-7-13(10-15(14)20)16-11-24-18(21-16)22-17(23)9-6-12-4-2-1-3-5-12/h1-11H,(H,21,22,23). The number of carbonyl (C=O) groups excluding carboxylic acids is 1. The molecule has 0 aliphatic carbocycles. The maximum atomic E-state index is 12.0. The van der Waals surface area contributed by atoms with E-state index in [-0.39, 0.29) is 5.91 Å². The van der Waals surface area contributed by atoms with Gasteiger partial charge in [-0.2, -0.15) is 0 Å². The molecule has 1 heterocycles. The Labute approximate surface area is 153 Å². The zero-order valence-corrected chi connectivity index (χ0v) is 14.7. The second-order valence-corrected chi connectivity index (χ2v) is 6.57. The molecule has 6 heteroatoms. The number of thiazole rings is 1. The molecule has 0 bridgehead atoms. The number of anilines is 1. The van der Waals surface area contributed by atoms with Gasteiger partial charge < -0.3 is 0 Å². The fourth-order valence-electron chi connectivity index (χ4n) is 2.00. The summed E-state index contributed by atoms with van der Waals surface area (Å²) < 4.78 is 0. The van der Waals surface area contributed by atoms with Gasteiger partial charge in [-0.3, -0.25) is 10.1 Å². The van der Waals surface area contributed by atoms with Crippen molar-refractivity contribution in [1.82, 2.24) is 4.98 Å². The average Bonchev–Trinajstić information content (AvgIpc) is 3.05. The van der Waals surface area contributed by atoms with Gasteiger partial charge in [0.25, 0.3) is 0 Å². The normalized spacial score (nSPS) is 10.9. The van der Waals surface area contributed by atoms with Crippen LogP contribution in [0.15, 0.2) is 60.0 Å². The first-order valence-electron chi connectivity index (χ1n) is 7.07. The second-order valence-electron chi connectivity index (χ2n) is 4.90. The Morgan fingerprint density at radius 3 is 2.62 bits per heavy atom. The smallest absolute Gasteiger partial charge is 0.250 e. The lowest BCUT2D eigenvalue weighted by Crippen LogP contribution is -2.07. The number of carbonyl (C=O) groups is 1. The van der Waals surface area contributed by atoms with Gasteiger partial charge >= 0.3 is 0 Å². The van der Waals surface area contributed by atoms with Crippen molar-refractivity contribution < 1.29 is 4.79 Å². The molecule has 0 saturated carbocycles. The highest BCUT2D eigenvalue weighted by molar-refractivity contribution is 7.14. The number of hydrogen-bond acceptors (Lipinski definition) is 3. The molecule has 1 aromatic heterocycles. The Hall–Kier alpha value is -2.14. The molecule has 0 radical (unpaired) electrons. The van der Waals surface area contributed by atoms with Gasteiger partial charge in [-0.15, -0.1) is 11.3 Å². The van der Waals surface area contributed by atoms with Crippen molar-refractivity contribution in [2.45, 2.75) is 0 Å². The predicted molar refractivity (Wildman–Crippen MR) is 102 cm³/mol. The van der Waals surface area contributed by atoms with Gasteiger partial charge in [-0.25, -0.2) is 4.98 Å². The van der Waals surface area contributed by atoms with Crippen molar-refractivity contribution in [3.8, 4) is 11.3 Å². The molecule has 2 aromatic carbocycles. The maximum Gasteiger partial charge on any atom is 0.250 e. The molecule has 120 valence electrons. The summed E-state index contributed by atoms with van der Waals surface area (Å²) >= 11 is 13.3. The Balaban J connectivity index is 1.68. The number of rotatable bonds is 4. The van der Waals surface area contributed by atoms with E-state index in [1.807, 2.05) is 41.8 Å². The van der Waals surface area contributed by atoms with Gasteiger partial charge in [0.1, 0.15) is 0 Å². The van der Waals surface area contributed by atoms with Crippen molar-refractivity contribution in [2.75, 3.05) is 5.32 Å². The molecule has 3 aromatic rings. The molecular weight excluding hydrogens is 363 g/mol. The predicted octanol–water partition coefficient (Wildman–Crippen LogP) is 5.77. The average molecular weight is 375 g/mol. The summed E-state index contributed by atoms with van der Waals surface area (Å²) in [7, 11) is 0. The van der Waals surface area contributed by atoms with E-state index in [0.29, 0.717) is 15.2 Å². The zero-order valence-electron chi connectivity index (χ0n) is 12.4. The molecule has 3 rings (SSSR count). The van der Waals surface area contributed by atoms with Crippen molar-refractivity contribution in [3.05, 3.63) is 75.6 Å². The van der Waals surface area contributed by atoms with E-state index >= 15 is 0 Å². The van der Waals surface area contributed by atoms with Gasteiger partial charge in [-0.1, -0.05) is 59.6 Å². The molecule has 0 saturated heterocycles. The van der Waals surface area contributed by atoms with Crippen LogP contribution in [0.1, 0.15) is 5.56 Å². The number of nitrogens with one attached hydrogen (secondary N) is 1. The number of hydrogen-bond donors (Lipinski definition) is 1. The van der Waals surface area contributed by atoms with Crippen LogP contribution in [0.4, 0.5) is 5.13 Å². The van der Waals surface area contributed by atoms with Crippen LogP contribution in [0.2, 0.25) is 10.0 Å². The molecule has 0 spiro atoms. The molecule has 1 amide bonds. The van der Waals surface area contributed by atoms with E-state index in [9.17, 15) is 4.79 Å². The summed E-state index contributed by atoms with van der Waals surface area (Å²) in [4.78, 5) is 16.4. The highest BCUT2D eigenvalue weighted by Gasteiger charge is 2.08. The summed E-state index contributed by atoms with van der Waals surface area (Å²) in [5, 5.41) is 6.10. The van der Waals surface area contributed by atoms with E-state index in [4.69, 9.17) is 23.2 Å². The van der Waals surface area contributed by atoms with E-state index in [1.165, 1.54) is 17.4 Å². The van der Waals surface area contributed by atoms with Crippen molar-refractivity contribution in [3.63, 3.8) is 0 Å². The van der Waals surface area contributed by atoms with Crippen LogP contribution < -0.4 is 5.32 Å². The Kier molecular flexibility index (Phi) is 5.30. The number of amides is 1. The van der Waals surface area contributed by atoms with E-state index in [1.54, 1.807) is 18.2 Å². The second kappa shape index (κ2) is 7.62. The van der Waals surface area contributed by atoms with Crippen LogP contribution in [0.5, 0.6) is 0 Å². The molecular formula is C18H12Cl2N2OS. The lowest BCUT2D eigenvalue weighted by Gasteiger charge is -2.00. The van der Waals surface area contributed by atoms with Crippen LogP contribution in [-0.4, -0.2) is 10.9 Å². The van der Waals surface area contributed by atoms with Gasteiger partial charge in [0.15, 0.2) is 5.13 Å². The van der Waals surface area contributed by atoms with Crippen LogP contribution in [0.25, 0.3) is 17.3 Å².